The molecule has 0 spiro atoms. The molecule has 5 nitrogen and oxygen atoms in total. The van der Waals surface area contributed by atoms with Gasteiger partial charge in [0.15, 0.2) is 11.5 Å². The molecular weight excluding hydrogens is 328 g/mol. The van der Waals surface area contributed by atoms with Crippen molar-refractivity contribution in [2.24, 2.45) is 5.92 Å². The number of carbonyl (C=O) groups excluding carboxylic acids is 1. The first-order chi connectivity index (χ1) is 12.7. The van der Waals surface area contributed by atoms with Gasteiger partial charge in [-0.05, 0) is 54.2 Å². The van der Waals surface area contributed by atoms with Crippen LogP contribution in [0.3, 0.4) is 0 Å². The summed E-state index contributed by atoms with van der Waals surface area (Å²) < 4.78 is 11.4. The second-order valence-corrected chi connectivity index (χ2v) is 6.88. The molecule has 0 radical (unpaired) electrons. The number of hydrogen-bond donors (Lipinski definition) is 2. The third-order valence-electron chi connectivity index (χ3n) is 4.99. The Balaban J connectivity index is 1.45. The molecule has 1 atom stereocenters. The predicted octanol–water partition coefficient (Wildman–Crippen LogP) is 3.06. The Morgan fingerprint density at radius 1 is 1.08 bits per heavy atom. The van der Waals surface area contributed by atoms with Crippen LogP contribution in [0.2, 0.25) is 0 Å². The Hall–Kier alpha value is -2.53. The third kappa shape index (κ3) is 3.68. The number of ether oxygens (including phenoxy) is 2. The number of amides is 1. The lowest BCUT2D eigenvalue weighted by Gasteiger charge is -2.23. The van der Waals surface area contributed by atoms with Gasteiger partial charge in [0.1, 0.15) is 13.2 Å². The van der Waals surface area contributed by atoms with Gasteiger partial charge in [-0.2, -0.15) is 0 Å². The molecule has 1 unspecified atom stereocenters. The van der Waals surface area contributed by atoms with E-state index < -0.39 is 0 Å². The zero-order valence-corrected chi connectivity index (χ0v) is 15.0. The van der Waals surface area contributed by atoms with Crippen LogP contribution in [0.25, 0.3) is 0 Å². The van der Waals surface area contributed by atoms with Crippen molar-refractivity contribution in [1.82, 2.24) is 10.6 Å². The van der Waals surface area contributed by atoms with Crippen molar-refractivity contribution in [2.75, 3.05) is 20.3 Å². The van der Waals surface area contributed by atoms with E-state index in [-0.39, 0.29) is 5.91 Å². The number of carbonyl (C=O) groups is 1. The van der Waals surface area contributed by atoms with E-state index >= 15 is 0 Å². The van der Waals surface area contributed by atoms with Crippen molar-refractivity contribution >= 4 is 5.91 Å². The molecule has 1 saturated carbocycles. The SMILES string of the molecule is CNC(=O)c1ccc(CNC(c2ccc3c(c2)OCCO3)C2CC2)cc1. The molecule has 0 saturated heterocycles. The van der Waals surface area contributed by atoms with Crippen molar-refractivity contribution in [3.05, 3.63) is 59.2 Å². The van der Waals surface area contributed by atoms with Gasteiger partial charge in [0.25, 0.3) is 5.91 Å². The number of nitrogens with one attached hydrogen (secondary N) is 2. The van der Waals surface area contributed by atoms with Crippen LogP contribution in [-0.2, 0) is 6.54 Å². The van der Waals surface area contributed by atoms with Crippen LogP contribution in [-0.4, -0.2) is 26.2 Å². The van der Waals surface area contributed by atoms with Crippen LogP contribution in [0.15, 0.2) is 42.5 Å². The lowest BCUT2D eigenvalue weighted by molar-refractivity contribution is 0.0963. The number of benzene rings is 2. The van der Waals surface area contributed by atoms with Crippen molar-refractivity contribution in [3.63, 3.8) is 0 Å². The quantitative estimate of drug-likeness (QED) is 0.839. The smallest absolute Gasteiger partial charge is 0.251 e. The van der Waals surface area contributed by atoms with Crippen LogP contribution < -0.4 is 20.1 Å². The standard InChI is InChI=1S/C21H24N2O3/c1-22-21(24)16-4-2-14(3-5-16)13-23-20(15-6-7-15)17-8-9-18-19(12-17)26-11-10-25-18/h2-5,8-9,12,15,20,23H,6-7,10-11,13H2,1H3,(H,22,24). The van der Waals surface area contributed by atoms with Crippen molar-refractivity contribution in [2.45, 2.75) is 25.4 Å². The highest BCUT2D eigenvalue weighted by Gasteiger charge is 2.32. The summed E-state index contributed by atoms with van der Waals surface area (Å²) in [5, 5.41) is 6.33. The molecular formula is C21H24N2O3. The first-order valence-electron chi connectivity index (χ1n) is 9.18. The average molecular weight is 352 g/mol. The maximum Gasteiger partial charge on any atom is 0.251 e. The summed E-state index contributed by atoms with van der Waals surface area (Å²) in [7, 11) is 1.64. The second kappa shape index (κ2) is 7.38. The highest BCUT2D eigenvalue weighted by molar-refractivity contribution is 5.93. The maximum absolute atomic E-state index is 11.6. The zero-order chi connectivity index (χ0) is 17.9. The summed E-state index contributed by atoms with van der Waals surface area (Å²) in [6.45, 7) is 1.99. The minimum Gasteiger partial charge on any atom is -0.486 e. The summed E-state index contributed by atoms with van der Waals surface area (Å²) in [4.78, 5) is 11.6. The van der Waals surface area contributed by atoms with Gasteiger partial charge in [0.05, 0.1) is 0 Å². The fourth-order valence-electron chi connectivity index (χ4n) is 3.39. The molecule has 2 N–H and O–H groups in total. The van der Waals surface area contributed by atoms with Crippen LogP contribution in [0, 0.1) is 5.92 Å². The normalized spacial score (nSPS) is 16.8. The highest BCUT2D eigenvalue weighted by Crippen LogP contribution is 2.43. The molecule has 2 aliphatic rings. The highest BCUT2D eigenvalue weighted by atomic mass is 16.6. The lowest BCUT2D eigenvalue weighted by Crippen LogP contribution is -2.23. The molecule has 1 fully saturated rings. The summed E-state index contributed by atoms with van der Waals surface area (Å²) in [6.07, 6.45) is 2.50. The first-order valence-corrected chi connectivity index (χ1v) is 9.18. The Morgan fingerprint density at radius 2 is 1.81 bits per heavy atom. The Bertz CT molecular complexity index is 784. The van der Waals surface area contributed by atoms with Crippen molar-refractivity contribution < 1.29 is 14.3 Å². The lowest BCUT2D eigenvalue weighted by atomic mass is 10.0. The minimum absolute atomic E-state index is 0.0587. The molecule has 2 aromatic rings. The topological polar surface area (TPSA) is 59.6 Å². The number of fused-ring (bicyclic) bond motifs is 1. The van der Waals surface area contributed by atoms with Gasteiger partial charge in [-0.3, -0.25) is 4.79 Å². The van der Waals surface area contributed by atoms with Crippen LogP contribution in [0.1, 0.15) is 40.4 Å². The van der Waals surface area contributed by atoms with E-state index in [2.05, 4.69) is 22.8 Å². The Kier molecular flexibility index (Phi) is 4.80. The van der Waals surface area contributed by atoms with Gasteiger partial charge in [-0.25, -0.2) is 0 Å². The molecule has 4 rings (SSSR count). The largest absolute Gasteiger partial charge is 0.486 e. The minimum atomic E-state index is -0.0587. The zero-order valence-electron chi connectivity index (χ0n) is 15.0. The molecule has 0 bridgehead atoms. The second-order valence-electron chi connectivity index (χ2n) is 6.88. The monoisotopic (exact) mass is 352 g/mol. The molecule has 1 aliphatic carbocycles. The van der Waals surface area contributed by atoms with Crippen LogP contribution in [0.5, 0.6) is 11.5 Å². The van der Waals surface area contributed by atoms with Crippen molar-refractivity contribution in [3.8, 4) is 11.5 Å². The van der Waals surface area contributed by atoms with E-state index in [1.165, 1.54) is 24.0 Å². The fourth-order valence-corrected chi connectivity index (χ4v) is 3.39. The van der Waals surface area contributed by atoms with E-state index in [9.17, 15) is 4.79 Å². The van der Waals surface area contributed by atoms with Crippen LogP contribution in [0.4, 0.5) is 0 Å². The summed E-state index contributed by atoms with van der Waals surface area (Å²) in [5.41, 5.74) is 3.10. The van der Waals surface area contributed by atoms with Crippen LogP contribution >= 0.6 is 0 Å². The van der Waals surface area contributed by atoms with Gasteiger partial charge < -0.3 is 20.1 Å². The maximum atomic E-state index is 11.6. The van der Waals surface area contributed by atoms with Crippen molar-refractivity contribution in [1.29, 1.82) is 0 Å². The van der Waals surface area contributed by atoms with E-state index in [0.29, 0.717) is 30.7 Å². The van der Waals surface area contributed by atoms with E-state index in [1.807, 2.05) is 30.3 Å². The summed E-state index contributed by atoms with van der Waals surface area (Å²) in [6, 6.07) is 14.3. The Labute approximate surface area is 153 Å². The Morgan fingerprint density at radius 3 is 2.50 bits per heavy atom. The van der Waals surface area contributed by atoms with Gasteiger partial charge in [0, 0.05) is 25.2 Å². The molecule has 136 valence electrons. The van der Waals surface area contributed by atoms with E-state index in [4.69, 9.17) is 9.47 Å². The van der Waals surface area contributed by atoms with Gasteiger partial charge in [-0.15, -0.1) is 0 Å². The predicted molar refractivity (Wildman–Crippen MR) is 99.6 cm³/mol. The number of rotatable bonds is 6. The molecule has 2 aromatic carbocycles. The molecule has 1 heterocycles. The molecule has 0 aromatic heterocycles. The summed E-state index contributed by atoms with van der Waals surface area (Å²) in [5.74, 6) is 2.29. The average Bonchev–Trinajstić information content (AvgIpc) is 3.53. The first kappa shape index (κ1) is 16.9. The summed E-state index contributed by atoms with van der Waals surface area (Å²) >= 11 is 0. The van der Waals surface area contributed by atoms with E-state index in [1.54, 1.807) is 7.05 Å². The molecule has 1 aliphatic heterocycles. The van der Waals surface area contributed by atoms with E-state index in [0.717, 1.165) is 18.0 Å². The molecule has 1 amide bonds. The molecule has 5 heteroatoms. The third-order valence-corrected chi connectivity index (χ3v) is 4.99. The van der Waals surface area contributed by atoms with Gasteiger partial charge >= 0.3 is 0 Å². The molecule has 26 heavy (non-hydrogen) atoms. The number of hydrogen-bond acceptors (Lipinski definition) is 4. The fraction of sp³-hybridized carbons (Fsp3) is 0.381. The van der Waals surface area contributed by atoms with Gasteiger partial charge in [0.2, 0.25) is 0 Å². The van der Waals surface area contributed by atoms with Gasteiger partial charge in [-0.1, -0.05) is 18.2 Å².